The number of rotatable bonds is 4. The van der Waals surface area contributed by atoms with Gasteiger partial charge in [-0.15, -0.1) is 4.83 Å². The summed E-state index contributed by atoms with van der Waals surface area (Å²) in [6, 6.07) is 11.2. The van der Waals surface area contributed by atoms with E-state index in [1.54, 1.807) is 6.07 Å². The fourth-order valence-electron chi connectivity index (χ4n) is 1.52. The van der Waals surface area contributed by atoms with Crippen LogP contribution < -0.4 is 10.3 Å². The van der Waals surface area contributed by atoms with Gasteiger partial charge in [-0.2, -0.15) is 0 Å². The van der Waals surface area contributed by atoms with Crippen LogP contribution in [0.1, 0.15) is 10.4 Å². The number of benzene rings is 2. The molecule has 21 heavy (non-hydrogen) atoms. The lowest BCUT2D eigenvalue weighted by molar-refractivity contribution is 0.0941. The third-order valence-corrected chi connectivity index (χ3v) is 4.26. The van der Waals surface area contributed by atoms with Crippen molar-refractivity contribution in [3.63, 3.8) is 0 Å². The van der Waals surface area contributed by atoms with E-state index in [9.17, 15) is 17.6 Å². The number of carbonyl (C=O) groups excluding carboxylic acids is 1. The monoisotopic (exact) mass is 372 g/mol. The standard InChI is InChI=1S/C13H10BrFN2O3S/c14-9-4-3-5-10(8-9)21(19,20)17-16-13(18)11-6-1-2-7-12(11)15/h1-8,17H,(H,16,18). The normalized spacial score (nSPS) is 11.1. The van der Waals surface area contributed by atoms with Crippen molar-refractivity contribution in [1.82, 2.24) is 10.3 Å². The van der Waals surface area contributed by atoms with Gasteiger partial charge < -0.3 is 0 Å². The molecule has 0 aliphatic heterocycles. The fraction of sp³-hybridized carbons (Fsp3) is 0. The summed E-state index contributed by atoms with van der Waals surface area (Å²) in [4.78, 5) is 13.6. The SMILES string of the molecule is O=C(NNS(=O)(=O)c1cccc(Br)c1)c1ccccc1F. The maximum absolute atomic E-state index is 13.4. The third kappa shape index (κ3) is 3.87. The van der Waals surface area contributed by atoms with E-state index in [-0.39, 0.29) is 10.5 Å². The van der Waals surface area contributed by atoms with E-state index >= 15 is 0 Å². The summed E-state index contributed by atoms with van der Waals surface area (Å²) >= 11 is 3.15. The molecule has 0 bridgehead atoms. The highest BCUT2D eigenvalue weighted by atomic mass is 79.9. The molecular weight excluding hydrogens is 363 g/mol. The van der Waals surface area contributed by atoms with E-state index in [0.29, 0.717) is 4.47 Å². The van der Waals surface area contributed by atoms with Crippen LogP contribution >= 0.6 is 15.9 Å². The van der Waals surface area contributed by atoms with E-state index in [4.69, 9.17) is 0 Å². The molecule has 0 saturated heterocycles. The van der Waals surface area contributed by atoms with Gasteiger partial charge in [0, 0.05) is 4.47 Å². The second kappa shape index (κ2) is 6.33. The van der Waals surface area contributed by atoms with E-state index in [1.807, 2.05) is 10.3 Å². The Balaban J connectivity index is 2.12. The number of sulfonamides is 1. The molecule has 2 N–H and O–H groups in total. The van der Waals surface area contributed by atoms with E-state index in [1.165, 1.54) is 36.4 Å². The lowest BCUT2D eigenvalue weighted by atomic mass is 10.2. The molecule has 8 heteroatoms. The lowest BCUT2D eigenvalue weighted by Crippen LogP contribution is -2.41. The van der Waals surface area contributed by atoms with Crippen molar-refractivity contribution >= 4 is 31.9 Å². The van der Waals surface area contributed by atoms with Gasteiger partial charge in [0.15, 0.2) is 0 Å². The first-order valence-corrected chi connectivity index (χ1v) is 8.00. The van der Waals surface area contributed by atoms with Gasteiger partial charge in [-0.3, -0.25) is 10.2 Å². The molecule has 2 aromatic rings. The molecule has 0 radical (unpaired) electrons. The number of hydrazine groups is 1. The summed E-state index contributed by atoms with van der Waals surface area (Å²) in [5, 5.41) is 0. The van der Waals surface area contributed by atoms with Gasteiger partial charge in [0.1, 0.15) is 5.82 Å². The Kier molecular flexibility index (Phi) is 4.71. The number of nitrogens with one attached hydrogen (secondary N) is 2. The van der Waals surface area contributed by atoms with Gasteiger partial charge in [-0.25, -0.2) is 12.8 Å². The van der Waals surface area contributed by atoms with Crippen LogP contribution in [-0.2, 0) is 10.0 Å². The zero-order valence-electron chi connectivity index (χ0n) is 10.5. The molecule has 0 saturated carbocycles. The minimum absolute atomic E-state index is 0.0364. The first-order chi connectivity index (χ1) is 9.90. The van der Waals surface area contributed by atoms with E-state index in [2.05, 4.69) is 15.9 Å². The molecule has 0 aliphatic carbocycles. The number of amides is 1. The highest BCUT2D eigenvalue weighted by Gasteiger charge is 2.17. The largest absolute Gasteiger partial charge is 0.273 e. The molecular formula is C13H10BrFN2O3S. The van der Waals surface area contributed by atoms with Crippen molar-refractivity contribution in [1.29, 1.82) is 0 Å². The zero-order chi connectivity index (χ0) is 15.5. The van der Waals surface area contributed by atoms with Crippen molar-refractivity contribution in [2.45, 2.75) is 4.90 Å². The molecule has 5 nitrogen and oxygen atoms in total. The Bertz CT molecular complexity index is 780. The van der Waals surface area contributed by atoms with Crippen molar-refractivity contribution < 1.29 is 17.6 Å². The number of hydrogen-bond donors (Lipinski definition) is 2. The minimum Gasteiger partial charge on any atom is -0.273 e. The van der Waals surface area contributed by atoms with Crippen molar-refractivity contribution in [3.05, 3.63) is 64.4 Å². The van der Waals surface area contributed by atoms with Crippen LogP contribution in [-0.4, -0.2) is 14.3 Å². The smallest absolute Gasteiger partial charge is 0.269 e. The molecule has 0 spiro atoms. The Hall–Kier alpha value is -1.77. The highest BCUT2D eigenvalue weighted by molar-refractivity contribution is 9.10. The summed E-state index contributed by atoms with van der Waals surface area (Å²) < 4.78 is 37.9. The van der Waals surface area contributed by atoms with Gasteiger partial charge in [-0.1, -0.05) is 34.1 Å². The second-order valence-corrected chi connectivity index (χ2v) is 6.59. The fourth-order valence-corrected chi connectivity index (χ4v) is 2.95. The van der Waals surface area contributed by atoms with E-state index in [0.717, 1.165) is 6.07 Å². The van der Waals surface area contributed by atoms with Crippen LogP contribution in [0.5, 0.6) is 0 Å². The first-order valence-electron chi connectivity index (χ1n) is 5.72. The second-order valence-electron chi connectivity index (χ2n) is 4.00. The first kappa shape index (κ1) is 15.6. The Labute approximate surface area is 129 Å². The van der Waals surface area contributed by atoms with Crippen LogP contribution in [0.2, 0.25) is 0 Å². The van der Waals surface area contributed by atoms with Crippen LogP contribution in [0.4, 0.5) is 4.39 Å². The number of halogens is 2. The maximum atomic E-state index is 13.4. The molecule has 2 rings (SSSR count). The van der Waals surface area contributed by atoms with Gasteiger partial charge >= 0.3 is 0 Å². The Morgan fingerprint density at radius 1 is 1.10 bits per heavy atom. The molecule has 0 atom stereocenters. The molecule has 2 aromatic carbocycles. The molecule has 1 amide bonds. The molecule has 110 valence electrons. The predicted octanol–water partition coefficient (Wildman–Crippen LogP) is 2.21. The van der Waals surface area contributed by atoms with Gasteiger partial charge in [0.2, 0.25) is 0 Å². The van der Waals surface area contributed by atoms with Crippen molar-refractivity contribution in [2.75, 3.05) is 0 Å². The summed E-state index contributed by atoms with van der Waals surface area (Å²) in [6.45, 7) is 0. The molecule has 0 fully saturated rings. The molecule has 0 aliphatic rings. The molecule has 0 unspecified atom stereocenters. The van der Waals surface area contributed by atoms with Crippen LogP contribution in [0.3, 0.4) is 0 Å². The average molecular weight is 373 g/mol. The van der Waals surface area contributed by atoms with Gasteiger partial charge in [0.05, 0.1) is 10.5 Å². The van der Waals surface area contributed by atoms with Gasteiger partial charge in [0.25, 0.3) is 15.9 Å². The number of hydrogen-bond acceptors (Lipinski definition) is 3. The summed E-state index contributed by atoms with van der Waals surface area (Å²) in [5.41, 5.74) is 1.71. The zero-order valence-corrected chi connectivity index (χ0v) is 12.9. The summed E-state index contributed by atoms with van der Waals surface area (Å²) in [6.07, 6.45) is 0. The molecule has 0 heterocycles. The minimum atomic E-state index is -3.93. The predicted molar refractivity (Wildman–Crippen MR) is 78.3 cm³/mol. The maximum Gasteiger partial charge on any atom is 0.269 e. The molecule has 0 aromatic heterocycles. The average Bonchev–Trinajstić information content (AvgIpc) is 2.45. The quantitative estimate of drug-likeness (QED) is 0.807. The van der Waals surface area contributed by atoms with Crippen LogP contribution in [0, 0.1) is 5.82 Å². The van der Waals surface area contributed by atoms with E-state index < -0.39 is 21.7 Å². The van der Waals surface area contributed by atoms with Crippen molar-refractivity contribution in [3.8, 4) is 0 Å². The lowest BCUT2D eigenvalue weighted by Gasteiger charge is -2.09. The van der Waals surface area contributed by atoms with Crippen LogP contribution in [0.25, 0.3) is 0 Å². The Morgan fingerprint density at radius 3 is 2.48 bits per heavy atom. The Morgan fingerprint density at radius 2 is 1.81 bits per heavy atom. The topological polar surface area (TPSA) is 75.3 Å². The van der Waals surface area contributed by atoms with Crippen LogP contribution in [0.15, 0.2) is 57.9 Å². The highest BCUT2D eigenvalue weighted by Crippen LogP contribution is 2.15. The number of carbonyl (C=O) groups is 1. The summed E-state index contributed by atoms with van der Waals surface area (Å²) in [5.74, 6) is -1.62. The van der Waals surface area contributed by atoms with Crippen molar-refractivity contribution in [2.24, 2.45) is 0 Å². The summed E-state index contributed by atoms with van der Waals surface area (Å²) in [7, 11) is -3.93. The van der Waals surface area contributed by atoms with Gasteiger partial charge in [-0.05, 0) is 30.3 Å². The third-order valence-electron chi connectivity index (χ3n) is 2.52.